The first kappa shape index (κ1) is 15.3. The molecule has 1 saturated heterocycles. The maximum absolute atomic E-state index is 12.4. The largest absolute Gasteiger partial charge is 0.467 e. The van der Waals surface area contributed by atoms with Crippen LogP contribution in [0, 0.1) is 0 Å². The number of carbonyl (C=O) groups excluding carboxylic acids is 2. The summed E-state index contributed by atoms with van der Waals surface area (Å²) in [5.41, 5.74) is 0.393. The van der Waals surface area contributed by atoms with Gasteiger partial charge in [0.05, 0.1) is 18.2 Å². The van der Waals surface area contributed by atoms with Crippen LogP contribution in [0.25, 0.3) is 0 Å². The standard InChI is InChI=1S/C13H13BrClNO4/c1-20-13(19)11-5-8(17)6-16(11)12(18)7-2-3-10(15)9(14)4-7/h2-4,8,11,17H,5-6H2,1H3. The zero-order chi connectivity index (χ0) is 14.9. The topological polar surface area (TPSA) is 66.8 Å². The molecule has 1 heterocycles. The molecule has 0 spiro atoms. The van der Waals surface area contributed by atoms with Crippen molar-refractivity contribution in [1.29, 1.82) is 0 Å². The number of ether oxygens (including phenoxy) is 1. The molecule has 1 aromatic rings. The Kier molecular flexibility index (Phi) is 4.67. The van der Waals surface area contributed by atoms with Crippen LogP contribution in [0.1, 0.15) is 16.8 Å². The number of aliphatic hydroxyl groups is 1. The van der Waals surface area contributed by atoms with Crippen molar-refractivity contribution in [3.63, 3.8) is 0 Å². The van der Waals surface area contributed by atoms with E-state index in [2.05, 4.69) is 20.7 Å². The number of amides is 1. The van der Waals surface area contributed by atoms with Crippen molar-refractivity contribution in [3.05, 3.63) is 33.3 Å². The van der Waals surface area contributed by atoms with Crippen LogP contribution >= 0.6 is 27.5 Å². The van der Waals surface area contributed by atoms with E-state index in [1.54, 1.807) is 18.2 Å². The van der Waals surface area contributed by atoms with Gasteiger partial charge in [-0.3, -0.25) is 4.79 Å². The maximum atomic E-state index is 12.4. The highest BCUT2D eigenvalue weighted by Gasteiger charge is 2.39. The highest BCUT2D eigenvalue weighted by molar-refractivity contribution is 9.10. The molecule has 20 heavy (non-hydrogen) atoms. The molecule has 1 aliphatic heterocycles. The average molecular weight is 363 g/mol. The van der Waals surface area contributed by atoms with Gasteiger partial charge in [-0.05, 0) is 34.1 Å². The van der Waals surface area contributed by atoms with Gasteiger partial charge in [0.25, 0.3) is 5.91 Å². The molecule has 2 unspecified atom stereocenters. The third-order valence-corrected chi connectivity index (χ3v) is 4.39. The molecule has 108 valence electrons. The van der Waals surface area contributed by atoms with Crippen LogP contribution < -0.4 is 0 Å². The molecule has 0 radical (unpaired) electrons. The van der Waals surface area contributed by atoms with E-state index in [1.807, 2.05) is 0 Å². The summed E-state index contributed by atoms with van der Waals surface area (Å²) in [6.07, 6.45) is -0.536. The van der Waals surface area contributed by atoms with Gasteiger partial charge >= 0.3 is 5.97 Å². The van der Waals surface area contributed by atoms with Crippen LogP contribution in [0.2, 0.25) is 5.02 Å². The SMILES string of the molecule is COC(=O)C1CC(O)CN1C(=O)c1ccc(Cl)c(Br)c1. The molecule has 0 aliphatic carbocycles. The number of esters is 1. The second kappa shape index (κ2) is 6.11. The Balaban J connectivity index is 2.26. The van der Waals surface area contributed by atoms with Crippen molar-refractivity contribution in [2.45, 2.75) is 18.6 Å². The summed E-state index contributed by atoms with van der Waals surface area (Å²) >= 11 is 9.13. The number of hydrogen-bond acceptors (Lipinski definition) is 4. The van der Waals surface area contributed by atoms with Crippen LogP contribution in [0.4, 0.5) is 0 Å². The quantitative estimate of drug-likeness (QED) is 0.816. The van der Waals surface area contributed by atoms with E-state index in [-0.39, 0.29) is 18.9 Å². The van der Waals surface area contributed by atoms with E-state index in [0.717, 1.165) is 0 Å². The van der Waals surface area contributed by atoms with E-state index in [9.17, 15) is 14.7 Å². The minimum Gasteiger partial charge on any atom is -0.467 e. The number of rotatable bonds is 2. The first-order valence-electron chi connectivity index (χ1n) is 5.96. The molecule has 1 aromatic carbocycles. The predicted molar refractivity (Wildman–Crippen MR) is 76.6 cm³/mol. The van der Waals surface area contributed by atoms with E-state index >= 15 is 0 Å². The maximum Gasteiger partial charge on any atom is 0.328 e. The van der Waals surface area contributed by atoms with E-state index < -0.39 is 18.1 Å². The molecular weight excluding hydrogens is 350 g/mol. The van der Waals surface area contributed by atoms with E-state index in [4.69, 9.17) is 11.6 Å². The lowest BCUT2D eigenvalue weighted by Gasteiger charge is -2.22. The number of nitrogens with zero attached hydrogens (tertiary/aromatic N) is 1. The molecule has 1 amide bonds. The molecule has 0 saturated carbocycles. The Hall–Kier alpha value is -1.11. The second-order valence-corrected chi connectivity index (χ2v) is 5.78. The summed E-state index contributed by atoms with van der Waals surface area (Å²) in [4.78, 5) is 25.4. The molecule has 1 fully saturated rings. The zero-order valence-corrected chi connectivity index (χ0v) is 13.0. The van der Waals surface area contributed by atoms with Gasteiger partial charge in [-0.25, -0.2) is 4.79 Å². The number of β-amino-alcohol motifs (C(OH)–C–C–N with tert-alkyl or cyclic N) is 1. The number of halogens is 2. The number of methoxy groups -OCH3 is 1. The summed E-state index contributed by atoms with van der Waals surface area (Å²) in [7, 11) is 1.26. The first-order chi connectivity index (χ1) is 9.43. The summed E-state index contributed by atoms with van der Waals surface area (Å²) in [6.45, 7) is 0.110. The lowest BCUT2D eigenvalue weighted by Crippen LogP contribution is -2.41. The van der Waals surface area contributed by atoms with E-state index in [1.165, 1.54) is 12.0 Å². The highest BCUT2D eigenvalue weighted by atomic mass is 79.9. The van der Waals surface area contributed by atoms with Gasteiger partial charge in [0.1, 0.15) is 6.04 Å². The second-order valence-electron chi connectivity index (χ2n) is 4.51. The molecule has 7 heteroatoms. The van der Waals surface area contributed by atoms with Crippen molar-refractivity contribution in [2.75, 3.05) is 13.7 Å². The Bertz CT molecular complexity index is 551. The summed E-state index contributed by atoms with van der Waals surface area (Å²) in [5, 5.41) is 10.2. The first-order valence-corrected chi connectivity index (χ1v) is 7.13. The monoisotopic (exact) mass is 361 g/mol. The van der Waals surface area contributed by atoms with E-state index in [0.29, 0.717) is 15.1 Å². The van der Waals surface area contributed by atoms with Gasteiger partial charge in [-0.15, -0.1) is 0 Å². The normalized spacial score (nSPS) is 21.9. The van der Waals surface area contributed by atoms with Gasteiger partial charge in [0.2, 0.25) is 0 Å². The molecule has 5 nitrogen and oxygen atoms in total. The smallest absolute Gasteiger partial charge is 0.328 e. The van der Waals surface area contributed by atoms with Gasteiger partial charge in [-0.1, -0.05) is 11.6 Å². The lowest BCUT2D eigenvalue weighted by atomic mass is 10.1. The highest BCUT2D eigenvalue weighted by Crippen LogP contribution is 2.26. The van der Waals surface area contributed by atoms with Crippen LogP contribution in [0.5, 0.6) is 0 Å². The number of carbonyl (C=O) groups is 2. The van der Waals surface area contributed by atoms with Crippen LogP contribution in [-0.2, 0) is 9.53 Å². The third-order valence-electron chi connectivity index (χ3n) is 3.18. The number of aliphatic hydroxyl groups excluding tert-OH is 1. The minimum absolute atomic E-state index is 0.110. The van der Waals surface area contributed by atoms with Crippen molar-refractivity contribution in [3.8, 4) is 0 Å². The molecule has 1 N–H and O–H groups in total. The Morgan fingerprint density at radius 2 is 2.20 bits per heavy atom. The van der Waals surface area contributed by atoms with Crippen LogP contribution in [-0.4, -0.2) is 47.7 Å². The summed E-state index contributed by atoms with van der Waals surface area (Å²) in [5.74, 6) is -0.864. The van der Waals surface area contributed by atoms with Crippen molar-refractivity contribution in [1.82, 2.24) is 4.90 Å². The molecule has 0 aromatic heterocycles. The predicted octanol–water partition coefficient (Wildman–Crippen LogP) is 1.85. The number of benzene rings is 1. The summed E-state index contributed by atoms with van der Waals surface area (Å²) in [6, 6.07) is 4.01. The minimum atomic E-state index is -0.753. The summed E-state index contributed by atoms with van der Waals surface area (Å²) < 4.78 is 5.26. The van der Waals surface area contributed by atoms with Gasteiger partial charge in [0, 0.05) is 23.0 Å². The third kappa shape index (κ3) is 2.97. The van der Waals surface area contributed by atoms with Gasteiger partial charge < -0.3 is 14.7 Å². The van der Waals surface area contributed by atoms with Crippen molar-refractivity contribution >= 4 is 39.4 Å². The molecule has 2 rings (SSSR count). The van der Waals surface area contributed by atoms with Gasteiger partial charge in [-0.2, -0.15) is 0 Å². The molecule has 1 aliphatic rings. The van der Waals surface area contributed by atoms with Crippen LogP contribution in [0.3, 0.4) is 0 Å². The molecule has 2 atom stereocenters. The number of likely N-dealkylation sites (tertiary alicyclic amines) is 1. The Labute approximate surface area is 129 Å². The Morgan fingerprint density at radius 3 is 2.80 bits per heavy atom. The van der Waals surface area contributed by atoms with Crippen molar-refractivity contribution in [2.24, 2.45) is 0 Å². The fraction of sp³-hybridized carbons (Fsp3) is 0.385. The number of hydrogen-bond donors (Lipinski definition) is 1. The van der Waals surface area contributed by atoms with Gasteiger partial charge in [0.15, 0.2) is 0 Å². The fourth-order valence-corrected chi connectivity index (χ4v) is 2.69. The average Bonchev–Trinajstić information content (AvgIpc) is 2.82. The zero-order valence-electron chi connectivity index (χ0n) is 10.7. The lowest BCUT2D eigenvalue weighted by molar-refractivity contribution is -0.145. The molecule has 0 bridgehead atoms. The van der Waals surface area contributed by atoms with Crippen molar-refractivity contribution < 1.29 is 19.4 Å². The fourth-order valence-electron chi connectivity index (χ4n) is 2.19. The molecular formula is C13H13BrClNO4. The van der Waals surface area contributed by atoms with Crippen LogP contribution in [0.15, 0.2) is 22.7 Å². The Morgan fingerprint density at radius 1 is 1.50 bits per heavy atom.